The van der Waals surface area contributed by atoms with Gasteiger partial charge in [-0.2, -0.15) is 5.10 Å². The first-order valence-corrected chi connectivity index (χ1v) is 5.34. The number of nitrogen functional groups attached to an aromatic ring is 1. The van der Waals surface area contributed by atoms with E-state index in [1.165, 1.54) is 0 Å². The minimum atomic E-state index is 0.823. The van der Waals surface area contributed by atoms with E-state index in [9.17, 15) is 0 Å². The van der Waals surface area contributed by atoms with Gasteiger partial charge in [-0.3, -0.25) is 4.68 Å². The maximum Gasteiger partial charge on any atom is 0.0582 e. The summed E-state index contributed by atoms with van der Waals surface area (Å²) >= 11 is 0. The summed E-state index contributed by atoms with van der Waals surface area (Å²) in [5.41, 5.74) is 8.84. The second kappa shape index (κ2) is 4.70. The maximum absolute atomic E-state index is 5.83. The van der Waals surface area contributed by atoms with E-state index < -0.39 is 0 Å². The summed E-state index contributed by atoms with van der Waals surface area (Å²) in [5.74, 6) is 0. The molecule has 0 unspecified atom stereocenters. The number of rotatable bonds is 4. The quantitative estimate of drug-likeness (QED) is 0.767. The Morgan fingerprint density at radius 3 is 3.00 bits per heavy atom. The average molecular weight is 216 g/mol. The van der Waals surface area contributed by atoms with Crippen molar-refractivity contribution in [1.29, 1.82) is 0 Å². The minimum absolute atomic E-state index is 0.823. The van der Waals surface area contributed by atoms with Gasteiger partial charge in [0.1, 0.15) is 0 Å². The molecule has 0 saturated carbocycles. The Kier molecular flexibility index (Phi) is 3.10. The highest BCUT2D eigenvalue weighted by Gasteiger charge is 1.99. The maximum atomic E-state index is 5.83. The standard InChI is InChI=1S/C12H16N4/c1-10-11(13)4-2-5-12(10)14-7-9-16-8-3-6-15-16/h2-6,8,14H,7,9,13H2,1H3. The van der Waals surface area contributed by atoms with Crippen LogP contribution in [-0.4, -0.2) is 16.3 Å². The number of nitrogens with one attached hydrogen (secondary N) is 1. The topological polar surface area (TPSA) is 55.9 Å². The molecule has 4 nitrogen and oxygen atoms in total. The summed E-state index contributed by atoms with van der Waals surface area (Å²) in [7, 11) is 0. The Morgan fingerprint density at radius 1 is 1.38 bits per heavy atom. The lowest BCUT2D eigenvalue weighted by Crippen LogP contribution is -2.11. The van der Waals surface area contributed by atoms with Gasteiger partial charge in [0.2, 0.25) is 0 Å². The molecule has 16 heavy (non-hydrogen) atoms. The lowest BCUT2D eigenvalue weighted by Gasteiger charge is -2.11. The Labute approximate surface area is 95.1 Å². The van der Waals surface area contributed by atoms with Crippen LogP contribution in [0.5, 0.6) is 0 Å². The first-order valence-electron chi connectivity index (χ1n) is 5.34. The first-order chi connectivity index (χ1) is 7.77. The molecule has 84 valence electrons. The van der Waals surface area contributed by atoms with E-state index in [1.807, 2.05) is 42.1 Å². The number of aromatic nitrogens is 2. The van der Waals surface area contributed by atoms with Crippen LogP contribution in [0.15, 0.2) is 36.7 Å². The largest absolute Gasteiger partial charge is 0.398 e. The molecular weight excluding hydrogens is 200 g/mol. The third-order valence-corrected chi connectivity index (χ3v) is 2.59. The van der Waals surface area contributed by atoms with Crippen molar-refractivity contribution in [3.8, 4) is 0 Å². The van der Waals surface area contributed by atoms with Gasteiger partial charge in [0.05, 0.1) is 6.54 Å². The predicted molar refractivity (Wildman–Crippen MR) is 66.3 cm³/mol. The average Bonchev–Trinajstić information content (AvgIpc) is 2.77. The molecule has 4 heteroatoms. The Balaban J connectivity index is 1.92. The van der Waals surface area contributed by atoms with Gasteiger partial charge in [-0.15, -0.1) is 0 Å². The van der Waals surface area contributed by atoms with E-state index in [-0.39, 0.29) is 0 Å². The number of nitrogens with zero attached hydrogens (tertiary/aromatic N) is 2. The van der Waals surface area contributed by atoms with E-state index in [0.717, 1.165) is 30.0 Å². The smallest absolute Gasteiger partial charge is 0.0582 e. The molecule has 2 rings (SSSR count). The van der Waals surface area contributed by atoms with Crippen molar-refractivity contribution in [3.05, 3.63) is 42.2 Å². The number of hydrogen-bond donors (Lipinski definition) is 2. The highest BCUT2D eigenvalue weighted by molar-refractivity contribution is 5.62. The van der Waals surface area contributed by atoms with Gasteiger partial charge >= 0.3 is 0 Å². The van der Waals surface area contributed by atoms with Gasteiger partial charge in [-0.05, 0) is 30.7 Å². The van der Waals surface area contributed by atoms with Crippen molar-refractivity contribution in [1.82, 2.24) is 9.78 Å². The molecule has 0 saturated heterocycles. The summed E-state index contributed by atoms with van der Waals surface area (Å²) in [6, 6.07) is 7.83. The van der Waals surface area contributed by atoms with Crippen molar-refractivity contribution >= 4 is 11.4 Å². The fraction of sp³-hybridized carbons (Fsp3) is 0.250. The molecule has 0 radical (unpaired) electrons. The van der Waals surface area contributed by atoms with Crippen LogP contribution in [-0.2, 0) is 6.54 Å². The second-order valence-electron chi connectivity index (χ2n) is 3.72. The Morgan fingerprint density at radius 2 is 2.25 bits per heavy atom. The summed E-state index contributed by atoms with van der Waals surface area (Å²) in [6.45, 7) is 3.71. The molecule has 0 atom stereocenters. The normalized spacial score (nSPS) is 10.3. The highest BCUT2D eigenvalue weighted by atomic mass is 15.3. The van der Waals surface area contributed by atoms with Crippen LogP contribution < -0.4 is 11.1 Å². The SMILES string of the molecule is Cc1c(N)cccc1NCCn1cccn1. The van der Waals surface area contributed by atoms with Crippen molar-refractivity contribution in [3.63, 3.8) is 0 Å². The van der Waals surface area contributed by atoms with E-state index in [0.29, 0.717) is 0 Å². The molecule has 0 fully saturated rings. The molecule has 1 aromatic carbocycles. The van der Waals surface area contributed by atoms with Crippen molar-refractivity contribution in [2.24, 2.45) is 0 Å². The summed E-state index contributed by atoms with van der Waals surface area (Å²) in [5, 5.41) is 7.49. The Hall–Kier alpha value is -1.97. The monoisotopic (exact) mass is 216 g/mol. The molecule has 0 aliphatic heterocycles. The molecule has 0 amide bonds. The predicted octanol–water partition coefficient (Wildman–Crippen LogP) is 1.89. The van der Waals surface area contributed by atoms with Crippen LogP contribution >= 0.6 is 0 Å². The lowest BCUT2D eigenvalue weighted by atomic mass is 10.1. The van der Waals surface area contributed by atoms with Crippen LogP contribution in [0.1, 0.15) is 5.56 Å². The zero-order valence-electron chi connectivity index (χ0n) is 9.35. The van der Waals surface area contributed by atoms with Gasteiger partial charge in [-0.25, -0.2) is 0 Å². The molecule has 0 aliphatic rings. The van der Waals surface area contributed by atoms with Gasteiger partial charge in [-0.1, -0.05) is 6.07 Å². The number of benzene rings is 1. The van der Waals surface area contributed by atoms with Crippen LogP contribution in [0.3, 0.4) is 0 Å². The first kappa shape index (κ1) is 10.5. The second-order valence-corrected chi connectivity index (χ2v) is 3.72. The minimum Gasteiger partial charge on any atom is -0.398 e. The summed E-state index contributed by atoms with van der Waals surface area (Å²) in [6.07, 6.45) is 3.74. The zero-order valence-corrected chi connectivity index (χ0v) is 9.35. The molecule has 1 heterocycles. The highest BCUT2D eigenvalue weighted by Crippen LogP contribution is 2.19. The van der Waals surface area contributed by atoms with Gasteiger partial charge in [0, 0.05) is 30.3 Å². The van der Waals surface area contributed by atoms with Crippen LogP contribution in [0.4, 0.5) is 11.4 Å². The summed E-state index contributed by atoms with van der Waals surface area (Å²) < 4.78 is 1.90. The van der Waals surface area contributed by atoms with Crippen molar-refractivity contribution in [2.45, 2.75) is 13.5 Å². The van der Waals surface area contributed by atoms with E-state index in [1.54, 1.807) is 6.20 Å². The molecule has 1 aromatic heterocycles. The van der Waals surface area contributed by atoms with Crippen LogP contribution in [0.25, 0.3) is 0 Å². The van der Waals surface area contributed by atoms with Crippen LogP contribution in [0.2, 0.25) is 0 Å². The van der Waals surface area contributed by atoms with Gasteiger partial charge < -0.3 is 11.1 Å². The third kappa shape index (κ3) is 2.34. The van der Waals surface area contributed by atoms with Crippen LogP contribution in [0, 0.1) is 6.92 Å². The van der Waals surface area contributed by atoms with Crippen molar-refractivity contribution < 1.29 is 0 Å². The fourth-order valence-electron chi connectivity index (χ4n) is 1.58. The molecule has 2 aromatic rings. The molecular formula is C12H16N4. The number of nitrogens with two attached hydrogens (primary N) is 1. The third-order valence-electron chi connectivity index (χ3n) is 2.59. The number of hydrogen-bond acceptors (Lipinski definition) is 3. The zero-order chi connectivity index (χ0) is 11.4. The number of anilines is 2. The molecule has 0 bridgehead atoms. The molecule has 3 N–H and O–H groups in total. The van der Waals surface area contributed by atoms with E-state index >= 15 is 0 Å². The lowest BCUT2D eigenvalue weighted by molar-refractivity contribution is 0.638. The van der Waals surface area contributed by atoms with E-state index in [4.69, 9.17) is 5.73 Å². The van der Waals surface area contributed by atoms with Crippen molar-refractivity contribution in [2.75, 3.05) is 17.6 Å². The van der Waals surface area contributed by atoms with Gasteiger partial charge in [0.15, 0.2) is 0 Å². The molecule has 0 spiro atoms. The Bertz CT molecular complexity index is 448. The molecule has 0 aliphatic carbocycles. The van der Waals surface area contributed by atoms with E-state index in [2.05, 4.69) is 10.4 Å². The fourth-order valence-corrected chi connectivity index (χ4v) is 1.58. The van der Waals surface area contributed by atoms with Gasteiger partial charge in [0.25, 0.3) is 0 Å². The summed E-state index contributed by atoms with van der Waals surface area (Å²) in [4.78, 5) is 0.